The maximum Gasteiger partial charge on any atom is 0.264 e. The van der Waals surface area contributed by atoms with Crippen molar-refractivity contribution >= 4 is 20.2 Å². The van der Waals surface area contributed by atoms with Crippen LogP contribution < -0.4 is 0 Å². The van der Waals surface area contributed by atoms with Crippen molar-refractivity contribution < 1.29 is 44.1 Å². The topological polar surface area (TPSA) is 124 Å². The summed E-state index contributed by atoms with van der Waals surface area (Å²) in [5.74, 6) is 0. The van der Waals surface area contributed by atoms with Crippen molar-refractivity contribution in [2.75, 3.05) is 26.2 Å². The van der Waals surface area contributed by atoms with Crippen LogP contribution in [0.4, 0.5) is 0 Å². The average molecular weight is 438 g/mol. The van der Waals surface area contributed by atoms with Crippen molar-refractivity contribution in [1.29, 1.82) is 0 Å². The Morgan fingerprint density at radius 2 is 1.54 bits per heavy atom. The van der Waals surface area contributed by atoms with Gasteiger partial charge in [0.05, 0.1) is 19.1 Å². The van der Waals surface area contributed by atoms with Gasteiger partial charge in [-0.2, -0.15) is 16.8 Å². The quantitative estimate of drug-likeness (QED) is 0.567. The third-order valence-electron chi connectivity index (χ3n) is 4.16. The molecule has 0 aliphatic carbocycles. The second-order valence-electron chi connectivity index (χ2n) is 6.49. The van der Waals surface area contributed by atoms with Gasteiger partial charge in [-0.3, -0.25) is 8.37 Å². The molecule has 0 bridgehead atoms. The monoisotopic (exact) mass is 438 g/mol. The van der Waals surface area contributed by atoms with E-state index in [-0.39, 0.29) is 6.61 Å². The van der Waals surface area contributed by atoms with Crippen molar-refractivity contribution in [3.05, 3.63) is 35.9 Å². The molecule has 2 fully saturated rings. The predicted molar refractivity (Wildman–Crippen MR) is 95.1 cm³/mol. The Hall–Kier alpha value is -1.12. The van der Waals surface area contributed by atoms with Gasteiger partial charge in [-0.25, -0.2) is 0 Å². The van der Waals surface area contributed by atoms with Crippen LogP contribution in [0.1, 0.15) is 11.9 Å². The molecule has 158 valence electrons. The maximum absolute atomic E-state index is 11.8. The Balaban J connectivity index is 1.93. The van der Waals surface area contributed by atoms with Crippen LogP contribution in [0.15, 0.2) is 30.3 Å². The van der Waals surface area contributed by atoms with Crippen LogP contribution in [0.2, 0.25) is 0 Å². The highest BCUT2D eigenvalue weighted by Gasteiger charge is 2.54. The first kappa shape index (κ1) is 21.6. The van der Waals surface area contributed by atoms with Crippen molar-refractivity contribution in [2.45, 2.75) is 37.0 Å². The number of hydrogen-bond acceptors (Lipinski definition) is 10. The van der Waals surface area contributed by atoms with E-state index in [4.69, 9.17) is 27.3 Å². The van der Waals surface area contributed by atoms with Crippen LogP contribution >= 0.6 is 0 Å². The van der Waals surface area contributed by atoms with Crippen molar-refractivity contribution in [1.82, 2.24) is 0 Å². The molecular formula is C16H22O10S2. The Morgan fingerprint density at radius 3 is 2.11 bits per heavy atom. The molecule has 6 atom stereocenters. The number of rotatable bonds is 6. The van der Waals surface area contributed by atoms with Crippen molar-refractivity contribution in [3.8, 4) is 0 Å². The fourth-order valence-electron chi connectivity index (χ4n) is 3.13. The van der Waals surface area contributed by atoms with E-state index >= 15 is 0 Å². The van der Waals surface area contributed by atoms with Gasteiger partial charge in [0, 0.05) is 12.7 Å². The zero-order valence-corrected chi connectivity index (χ0v) is 17.1. The Morgan fingerprint density at radius 1 is 0.929 bits per heavy atom. The molecule has 0 N–H and O–H groups in total. The first-order chi connectivity index (χ1) is 13.1. The molecule has 0 spiro atoms. The Bertz CT molecular complexity index is 870. The van der Waals surface area contributed by atoms with Gasteiger partial charge in [-0.15, -0.1) is 0 Å². The zero-order chi connectivity index (χ0) is 20.5. The summed E-state index contributed by atoms with van der Waals surface area (Å²) in [5, 5.41) is 0. The van der Waals surface area contributed by atoms with E-state index in [1.165, 1.54) is 7.11 Å². The van der Waals surface area contributed by atoms with Gasteiger partial charge in [0.15, 0.2) is 18.7 Å². The predicted octanol–water partition coefficient (Wildman–Crippen LogP) is 0.162. The van der Waals surface area contributed by atoms with E-state index in [1.54, 1.807) is 24.3 Å². The minimum Gasteiger partial charge on any atom is -0.353 e. The van der Waals surface area contributed by atoms with E-state index in [0.717, 1.165) is 12.5 Å². The Kier molecular flexibility index (Phi) is 6.41. The van der Waals surface area contributed by atoms with E-state index < -0.39 is 57.2 Å². The van der Waals surface area contributed by atoms with E-state index in [2.05, 4.69) is 0 Å². The molecule has 2 heterocycles. The lowest BCUT2D eigenvalue weighted by molar-refractivity contribution is -0.351. The molecule has 0 saturated carbocycles. The fraction of sp³-hybridized carbons (Fsp3) is 0.625. The maximum atomic E-state index is 11.8. The van der Waals surface area contributed by atoms with Crippen LogP contribution in [0.3, 0.4) is 0 Å². The van der Waals surface area contributed by atoms with Crippen LogP contribution in [-0.2, 0) is 47.5 Å². The highest BCUT2D eigenvalue weighted by molar-refractivity contribution is 7.86. The number of fused-ring (bicyclic) bond motifs is 1. The summed E-state index contributed by atoms with van der Waals surface area (Å²) in [4.78, 5) is 0. The lowest BCUT2D eigenvalue weighted by atomic mass is 9.98. The summed E-state index contributed by atoms with van der Waals surface area (Å²) in [6, 6.07) is 8.99. The standard InChI is InChI=1S/C16H22O10S2/c1-21-16-14(26-28(3,19)20)13(25-27(2,17)18)12-11(23-16)9-22-15(24-12)10-7-5-4-6-8-10/h4-8,11-16H,9H2,1-3H3/t11-,12-,13+,14-,15+,16+/m0/s1. The summed E-state index contributed by atoms with van der Waals surface area (Å²) in [6.07, 6.45) is -4.79. The van der Waals surface area contributed by atoms with Gasteiger partial charge in [-0.1, -0.05) is 30.3 Å². The molecule has 2 saturated heterocycles. The third kappa shape index (κ3) is 5.27. The minimum atomic E-state index is -3.98. The van der Waals surface area contributed by atoms with Crippen LogP contribution in [0.25, 0.3) is 0 Å². The Labute approximate surface area is 163 Å². The largest absolute Gasteiger partial charge is 0.353 e. The normalized spacial score (nSPS) is 34.0. The van der Waals surface area contributed by atoms with E-state index in [1.807, 2.05) is 6.07 Å². The molecule has 0 unspecified atom stereocenters. The second-order valence-corrected chi connectivity index (χ2v) is 9.69. The van der Waals surface area contributed by atoms with Gasteiger partial charge >= 0.3 is 0 Å². The minimum absolute atomic E-state index is 0.0549. The average Bonchev–Trinajstić information content (AvgIpc) is 2.61. The summed E-state index contributed by atoms with van der Waals surface area (Å²) in [6.45, 7) is 0.0549. The second kappa shape index (κ2) is 8.32. The first-order valence-corrected chi connectivity index (χ1v) is 12.0. The number of hydrogen-bond donors (Lipinski definition) is 0. The van der Waals surface area contributed by atoms with Crippen LogP contribution in [0.5, 0.6) is 0 Å². The molecule has 0 aromatic heterocycles. The van der Waals surface area contributed by atoms with Gasteiger partial charge in [0.2, 0.25) is 0 Å². The molecule has 12 heteroatoms. The number of methoxy groups -OCH3 is 1. The third-order valence-corrected chi connectivity index (χ3v) is 5.30. The summed E-state index contributed by atoms with van der Waals surface area (Å²) < 4.78 is 79.7. The zero-order valence-electron chi connectivity index (χ0n) is 15.5. The van der Waals surface area contributed by atoms with E-state index in [0.29, 0.717) is 5.56 Å². The molecular weight excluding hydrogens is 416 g/mol. The number of benzene rings is 1. The summed E-state index contributed by atoms with van der Waals surface area (Å²) >= 11 is 0. The van der Waals surface area contributed by atoms with Gasteiger partial charge in [0.25, 0.3) is 20.2 Å². The van der Waals surface area contributed by atoms with Crippen molar-refractivity contribution in [3.63, 3.8) is 0 Å². The lowest BCUT2D eigenvalue weighted by Gasteiger charge is -2.47. The first-order valence-electron chi connectivity index (χ1n) is 8.34. The molecule has 2 aliphatic heterocycles. The number of ether oxygens (including phenoxy) is 4. The smallest absolute Gasteiger partial charge is 0.264 e. The molecule has 0 radical (unpaired) electrons. The molecule has 28 heavy (non-hydrogen) atoms. The van der Waals surface area contributed by atoms with E-state index in [9.17, 15) is 16.8 Å². The summed E-state index contributed by atoms with van der Waals surface area (Å²) in [5.41, 5.74) is 0.702. The molecule has 1 aromatic rings. The highest BCUT2D eigenvalue weighted by Crippen LogP contribution is 2.37. The molecule has 3 rings (SSSR count). The molecule has 10 nitrogen and oxygen atoms in total. The SMILES string of the molecule is CO[C@@H]1O[C@H]2CO[C@@H](c3ccccc3)O[C@@H]2[C@@H](OS(C)(=O)=O)[C@@H]1OS(C)(=O)=O. The van der Waals surface area contributed by atoms with Crippen LogP contribution in [-0.4, -0.2) is 73.8 Å². The molecule has 1 aromatic carbocycles. The molecule has 2 aliphatic rings. The van der Waals surface area contributed by atoms with Gasteiger partial charge < -0.3 is 18.9 Å². The molecule has 0 amide bonds. The highest BCUT2D eigenvalue weighted by atomic mass is 32.2. The summed E-state index contributed by atoms with van der Waals surface area (Å²) in [7, 11) is -6.69. The van der Waals surface area contributed by atoms with Crippen molar-refractivity contribution in [2.24, 2.45) is 0 Å². The fourth-order valence-corrected chi connectivity index (χ4v) is 4.36. The lowest BCUT2D eigenvalue weighted by Crippen LogP contribution is -2.64. The van der Waals surface area contributed by atoms with Gasteiger partial charge in [0.1, 0.15) is 18.3 Å². The van der Waals surface area contributed by atoms with Crippen LogP contribution in [0, 0.1) is 0 Å². The van der Waals surface area contributed by atoms with Gasteiger partial charge in [-0.05, 0) is 0 Å².